The van der Waals surface area contributed by atoms with Gasteiger partial charge in [-0.15, -0.1) is 0 Å². The number of sulfonamides is 1. The molecule has 3 saturated heterocycles. The smallest absolute Gasteiger partial charge is 0.282 e. The number of hydrogen-bond acceptors (Lipinski definition) is 6. The van der Waals surface area contributed by atoms with E-state index in [4.69, 9.17) is 5.73 Å². The average molecular weight is 452 g/mol. The molecule has 3 fully saturated rings. The fourth-order valence-electron chi connectivity index (χ4n) is 4.30. The summed E-state index contributed by atoms with van der Waals surface area (Å²) in [4.78, 5) is 13.4. The molecule has 1 amide bonds. The van der Waals surface area contributed by atoms with Gasteiger partial charge in [0.25, 0.3) is 10.2 Å². The predicted molar refractivity (Wildman–Crippen MR) is 110 cm³/mol. The summed E-state index contributed by atoms with van der Waals surface area (Å²) >= 11 is 0. The molecule has 29 heavy (non-hydrogen) atoms. The van der Waals surface area contributed by atoms with E-state index in [1.165, 1.54) is 12.9 Å². The fraction of sp³-hybridized carbons (Fsp3) is 0.941. The molecular formula is C17H33N5O5S2. The lowest BCUT2D eigenvalue weighted by atomic mass is 9.96. The molecule has 10 nitrogen and oxygen atoms in total. The van der Waals surface area contributed by atoms with Crippen molar-refractivity contribution < 1.29 is 21.6 Å². The number of primary amides is 1. The van der Waals surface area contributed by atoms with Crippen molar-refractivity contribution in [3.63, 3.8) is 0 Å². The Morgan fingerprint density at radius 1 is 0.793 bits per heavy atom. The summed E-state index contributed by atoms with van der Waals surface area (Å²) < 4.78 is 54.8. The molecule has 0 atom stereocenters. The number of carbonyl (C=O) groups excluding carboxylic acids is 1. The molecule has 0 unspecified atom stereocenters. The second-order valence-corrected chi connectivity index (χ2v) is 12.1. The fourth-order valence-corrected chi connectivity index (χ4v) is 7.44. The van der Waals surface area contributed by atoms with E-state index in [-0.39, 0.29) is 43.8 Å². The van der Waals surface area contributed by atoms with Gasteiger partial charge in [-0.3, -0.25) is 4.79 Å². The zero-order chi connectivity index (χ0) is 21.1. The second-order valence-electron chi connectivity index (χ2n) is 8.10. The van der Waals surface area contributed by atoms with Crippen molar-refractivity contribution in [2.24, 2.45) is 11.7 Å². The normalized spacial score (nSPS) is 24.8. The summed E-state index contributed by atoms with van der Waals surface area (Å²) in [5.74, 6) is -0.261. The summed E-state index contributed by atoms with van der Waals surface area (Å²) in [6, 6.07) is 0. The first-order chi connectivity index (χ1) is 13.7. The number of carbonyl (C=O) groups is 1. The topological polar surface area (TPSA) is 124 Å². The van der Waals surface area contributed by atoms with Gasteiger partial charge in [-0.2, -0.15) is 21.3 Å². The zero-order valence-electron chi connectivity index (χ0n) is 16.9. The molecule has 12 heteroatoms. The van der Waals surface area contributed by atoms with Gasteiger partial charge in [0.05, 0.1) is 5.75 Å². The Balaban J connectivity index is 1.41. The number of rotatable bonds is 8. The third-order valence-corrected chi connectivity index (χ3v) is 10.2. The Hall–Kier alpha value is -0.790. The third kappa shape index (κ3) is 5.67. The van der Waals surface area contributed by atoms with Crippen LogP contribution in [-0.4, -0.2) is 105 Å². The molecule has 3 heterocycles. The molecular weight excluding hydrogens is 418 g/mol. The molecule has 3 aliphatic heterocycles. The van der Waals surface area contributed by atoms with E-state index in [0.717, 1.165) is 38.8 Å². The summed E-state index contributed by atoms with van der Waals surface area (Å²) in [7, 11) is -6.87. The van der Waals surface area contributed by atoms with Crippen LogP contribution in [0, 0.1) is 5.92 Å². The number of nitrogens with two attached hydrogens (primary N) is 1. The number of piperazine rings is 1. The number of piperidine rings is 1. The van der Waals surface area contributed by atoms with Crippen LogP contribution in [0.1, 0.15) is 32.1 Å². The maximum Gasteiger partial charge on any atom is 0.282 e. The Morgan fingerprint density at radius 2 is 1.31 bits per heavy atom. The molecule has 0 saturated carbocycles. The summed E-state index contributed by atoms with van der Waals surface area (Å²) in [5, 5.41) is 0. The summed E-state index contributed by atoms with van der Waals surface area (Å²) in [6.45, 7) is 4.14. The highest BCUT2D eigenvalue weighted by Crippen LogP contribution is 2.20. The molecule has 2 N–H and O–H groups in total. The van der Waals surface area contributed by atoms with Crippen molar-refractivity contribution in [2.45, 2.75) is 32.1 Å². The highest BCUT2D eigenvalue weighted by Gasteiger charge is 2.36. The van der Waals surface area contributed by atoms with Crippen LogP contribution in [0.15, 0.2) is 0 Å². The van der Waals surface area contributed by atoms with Crippen molar-refractivity contribution in [1.82, 2.24) is 17.8 Å². The van der Waals surface area contributed by atoms with Gasteiger partial charge in [0.1, 0.15) is 0 Å². The minimum atomic E-state index is -3.47. The monoisotopic (exact) mass is 451 g/mol. The van der Waals surface area contributed by atoms with Gasteiger partial charge >= 0.3 is 0 Å². The van der Waals surface area contributed by atoms with E-state index in [9.17, 15) is 21.6 Å². The molecule has 0 aromatic heterocycles. The van der Waals surface area contributed by atoms with Gasteiger partial charge in [0.2, 0.25) is 15.9 Å². The van der Waals surface area contributed by atoms with Crippen LogP contribution in [0.4, 0.5) is 0 Å². The lowest BCUT2D eigenvalue weighted by Crippen LogP contribution is -2.54. The van der Waals surface area contributed by atoms with Crippen molar-refractivity contribution in [3.8, 4) is 0 Å². The zero-order valence-corrected chi connectivity index (χ0v) is 18.5. The van der Waals surface area contributed by atoms with Gasteiger partial charge < -0.3 is 10.6 Å². The molecule has 3 aliphatic rings. The molecule has 0 aliphatic carbocycles. The predicted octanol–water partition coefficient (Wildman–Crippen LogP) is -1.14. The molecule has 0 aromatic carbocycles. The third-order valence-electron chi connectivity index (χ3n) is 6.18. The minimum absolute atomic E-state index is 0.0572. The lowest BCUT2D eigenvalue weighted by molar-refractivity contribution is -0.123. The number of likely N-dealkylation sites (tertiary alicyclic amines) is 1. The quantitative estimate of drug-likeness (QED) is 0.498. The summed E-state index contributed by atoms with van der Waals surface area (Å²) in [5.41, 5.74) is 5.34. The van der Waals surface area contributed by atoms with E-state index >= 15 is 0 Å². The Morgan fingerprint density at radius 3 is 1.86 bits per heavy atom. The van der Waals surface area contributed by atoms with Gasteiger partial charge in [-0.25, -0.2) is 8.42 Å². The minimum Gasteiger partial charge on any atom is -0.369 e. The van der Waals surface area contributed by atoms with Crippen molar-refractivity contribution in [3.05, 3.63) is 0 Å². The van der Waals surface area contributed by atoms with Crippen molar-refractivity contribution in [2.75, 3.05) is 64.7 Å². The Kier molecular flexibility index (Phi) is 7.55. The number of hydrogen-bond donors (Lipinski definition) is 1. The molecule has 3 rings (SSSR count). The van der Waals surface area contributed by atoms with E-state index < -0.39 is 20.2 Å². The average Bonchev–Trinajstić information content (AvgIpc) is 3.24. The molecule has 0 bridgehead atoms. The van der Waals surface area contributed by atoms with Gasteiger partial charge in [-0.05, 0) is 51.7 Å². The maximum absolute atomic E-state index is 12.6. The van der Waals surface area contributed by atoms with Gasteiger partial charge in [0, 0.05) is 45.2 Å². The standard InChI is InChI=1S/C17H33N5O5S2/c18-17(23)16-4-9-19(10-5-16)6-3-15-28(24,25)20-11-13-22(14-12-20)29(26,27)21-7-1-2-8-21/h16H,1-15H2,(H2,18,23). The Labute approximate surface area is 174 Å². The summed E-state index contributed by atoms with van der Waals surface area (Å²) in [6.07, 6.45) is 3.75. The van der Waals surface area contributed by atoms with Crippen LogP contribution in [0.3, 0.4) is 0 Å². The highest BCUT2D eigenvalue weighted by molar-refractivity contribution is 7.89. The van der Waals surface area contributed by atoms with Crippen LogP contribution in [0.2, 0.25) is 0 Å². The van der Waals surface area contributed by atoms with E-state index in [0.29, 0.717) is 26.1 Å². The maximum atomic E-state index is 12.6. The van der Waals surface area contributed by atoms with E-state index in [1.54, 1.807) is 0 Å². The molecule has 0 radical (unpaired) electrons. The van der Waals surface area contributed by atoms with Crippen molar-refractivity contribution >= 4 is 26.1 Å². The van der Waals surface area contributed by atoms with E-state index in [2.05, 4.69) is 4.90 Å². The number of amides is 1. The lowest BCUT2D eigenvalue weighted by Gasteiger charge is -2.35. The first-order valence-corrected chi connectivity index (χ1v) is 13.5. The number of nitrogens with zero attached hydrogens (tertiary/aromatic N) is 4. The van der Waals surface area contributed by atoms with Gasteiger partial charge in [-0.1, -0.05) is 0 Å². The SMILES string of the molecule is NC(=O)C1CCN(CCCS(=O)(=O)N2CCN(S(=O)(=O)N3CCCC3)CC2)CC1. The molecule has 0 spiro atoms. The van der Waals surface area contributed by atoms with Gasteiger partial charge in [0.15, 0.2) is 0 Å². The highest BCUT2D eigenvalue weighted by atomic mass is 32.2. The largest absolute Gasteiger partial charge is 0.369 e. The van der Waals surface area contributed by atoms with Crippen LogP contribution < -0.4 is 5.73 Å². The van der Waals surface area contributed by atoms with Crippen molar-refractivity contribution in [1.29, 1.82) is 0 Å². The molecule has 0 aromatic rings. The Bertz CT molecular complexity index is 766. The van der Waals surface area contributed by atoms with Crippen LogP contribution in [0.25, 0.3) is 0 Å². The second kappa shape index (κ2) is 9.56. The van der Waals surface area contributed by atoms with Crippen LogP contribution >= 0.6 is 0 Å². The van der Waals surface area contributed by atoms with Crippen LogP contribution in [-0.2, 0) is 25.0 Å². The van der Waals surface area contributed by atoms with E-state index in [1.807, 2.05) is 0 Å². The molecule has 168 valence electrons. The first kappa shape index (κ1) is 22.9. The van der Waals surface area contributed by atoms with Crippen LogP contribution in [0.5, 0.6) is 0 Å². The first-order valence-electron chi connectivity index (χ1n) is 10.4.